The van der Waals surface area contributed by atoms with E-state index < -0.39 is 0 Å². The number of imidazole rings is 1. The van der Waals surface area contributed by atoms with Gasteiger partial charge in [-0.25, -0.2) is 4.98 Å². The molecule has 0 radical (unpaired) electrons. The van der Waals surface area contributed by atoms with Gasteiger partial charge in [-0.1, -0.05) is 31.1 Å². The molecule has 0 spiro atoms. The molecule has 1 saturated heterocycles. The Hall–Kier alpha value is -2.56. The predicted octanol–water partition coefficient (Wildman–Crippen LogP) is 3.88. The molecule has 0 atom stereocenters. The summed E-state index contributed by atoms with van der Waals surface area (Å²) in [5.74, 6) is 1.63. The minimum absolute atomic E-state index is 0.790. The van der Waals surface area contributed by atoms with Crippen molar-refractivity contribution in [1.82, 2.24) is 14.6 Å². The van der Waals surface area contributed by atoms with E-state index in [0.29, 0.717) is 0 Å². The molecule has 0 saturated carbocycles. The molecule has 0 amide bonds. The predicted molar refractivity (Wildman–Crippen MR) is 96.1 cm³/mol. The van der Waals surface area contributed by atoms with Gasteiger partial charge in [0.2, 0.25) is 0 Å². The number of ether oxygens (including phenoxy) is 1. The Kier molecular flexibility index (Phi) is 5.66. The van der Waals surface area contributed by atoms with Gasteiger partial charge < -0.3 is 4.74 Å². The first-order valence-corrected chi connectivity index (χ1v) is 8.57. The van der Waals surface area contributed by atoms with Crippen LogP contribution in [0.15, 0.2) is 60.4 Å². The number of aromatic nitrogens is 2. The van der Waals surface area contributed by atoms with Gasteiger partial charge in [0.15, 0.2) is 5.84 Å². The zero-order valence-corrected chi connectivity index (χ0v) is 14.1. The Morgan fingerprint density at radius 1 is 1.17 bits per heavy atom. The van der Waals surface area contributed by atoms with Crippen LogP contribution in [-0.2, 0) is 0 Å². The lowest BCUT2D eigenvalue weighted by Gasteiger charge is -2.20. The Morgan fingerprint density at radius 2 is 1.96 bits per heavy atom. The highest BCUT2D eigenvalue weighted by molar-refractivity contribution is 6.02. The number of allylic oxidation sites excluding steroid dienone is 1. The fourth-order valence-electron chi connectivity index (χ4n) is 2.81. The van der Waals surface area contributed by atoms with Crippen molar-refractivity contribution in [2.75, 3.05) is 13.1 Å². The molecule has 0 unspecified atom stereocenters. The molecule has 0 bridgehead atoms. The standard InChI is InChI=1S/C19H24N4O/c1-2-15-24-18-10-6-5-9-17(18)19(22-14-11-20-16-22)21-23-12-7-3-4-8-13-23/h2,5-6,9-11,14-16H,3-4,7-8,12-13H2,1H3/b15-2-,21-19?. The number of hydrogen-bond donors (Lipinski definition) is 0. The van der Waals surface area contributed by atoms with E-state index in [4.69, 9.17) is 9.84 Å². The largest absolute Gasteiger partial charge is 0.465 e. The van der Waals surface area contributed by atoms with Gasteiger partial charge in [0.05, 0.1) is 11.8 Å². The van der Waals surface area contributed by atoms with E-state index in [2.05, 4.69) is 9.99 Å². The fraction of sp³-hybridized carbons (Fsp3) is 0.368. The molecule has 1 aliphatic heterocycles. The summed E-state index contributed by atoms with van der Waals surface area (Å²) in [4.78, 5) is 4.18. The Balaban J connectivity index is 1.99. The first-order valence-electron chi connectivity index (χ1n) is 8.57. The van der Waals surface area contributed by atoms with Crippen LogP contribution < -0.4 is 4.74 Å². The lowest BCUT2D eigenvalue weighted by molar-refractivity contribution is 0.299. The van der Waals surface area contributed by atoms with Crippen LogP contribution in [0, 0.1) is 0 Å². The average Bonchev–Trinajstić information content (AvgIpc) is 3.02. The zero-order chi connectivity index (χ0) is 16.6. The van der Waals surface area contributed by atoms with Gasteiger partial charge in [-0.15, -0.1) is 0 Å². The zero-order valence-electron chi connectivity index (χ0n) is 14.1. The molecule has 0 N–H and O–H groups in total. The first kappa shape index (κ1) is 16.3. The highest BCUT2D eigenvalue weighted by Gasteiger charge is 2.15. The van der Waals surface area contributed by atoms with Crippen molar-refractivity contribution in [3.05, 3.63) is 60.9 Å². The topological polar surface area (TPSA) is 42.6 Å². The van der Waals surface area contributed by atoms with Crippen molar-refractivity contribution >= 4 is 5.84 Å². The van der Waals surface area contributed by atoms with Crippen LogP contribution >= 0.6 is 0 Å². The van der Waals surface area contributed by atoms with Gasteiger partial charge in [0.25, 0.3) is 0 Å². The summed E-state index contributed by atoms with van der Waals surface area (Å²) in [5, 5.41) is 7.12. The monoisotopic (exact) mass is 324 g/mol. The highest BCUT2D eigenvalue weighted by atomic mass is 16.5. The maximum Gasteiger partial charge on any atom is 0.169 e. The van der Waals surface area contributed by atoms with Crippen LogP contribution in [-0.4, -0.2) is 33.5 Å². The van der Waals surface area contributed by atoms with Gasteiger partial charge >= 0.3 is 0 Å². The number of hydrogen-bond acceptors (Lipinski definition) is 4. The van der Waals surface area contributed by atoms with Crippen LogP contribution in [0.4, 0.5) is 0 Å². The first-order chi connectivity index (χ1) is 11.9. The molecule has 0 aliphatic carbocycles. The fourth-order valence-corrected chi connectivity index (χ4v) is 2.81. The summed E-state index contributed by atoms with van der Waals surface area (Å²) in [6.45, 7) is 3.93. The summed E-state index contributed by atoms with van der Waals surface area (Å²) >= 11 is 0. The second-order valence-electron chi connectivity index (χ2n) is 5.84. The highest BCUT2D eigenvalue weighted by Crippen LogP contribution is 2.21. The number of para-hydroxylation sites is 1. The summed E-state index contributed by atoms with van der Waals surface area (Å²) in [6, 6.07) is 7.98. The molecular weight excluding hydrogens is 300 g/mol. The second-order valence-corrected chi connectivity index (χ2v) is 5.84. The molecule has 24 heavy (non-hydrogen) atoms. The van der Waals surface area contributed by atoms with E-state index in [1.807, 2.05) is 48.0 Å². The Labute approximate surface area is 143 Å². The lowest BCUT2D eigenvalue weighted by atomic mass is 10.2. The van der Waals surface area contributed by atoms with Gasteiger partial charge in [-0.3, -0.25) is 9.58 Å². The van der Waals surface area contributed by atoms with Crippen molar-refractivity contribution in [3.63, 3.8) is 0 Å². The quantitative estimate of drug-likeness (QED) is 0.487. The third-order valence-corrected chi connectivity index (χ3v) is 4.03. The van der Waals surface area contributed by atoms with Crippen LogP contribution in [0.2, 0.25) is 0 Å². The molecule has 1 aromatic carbocycles. The van der Waals surface area contributed by atoms with Crippen molar-refractivity contribution in [1.29, 1.82) is 0 Å². The van der Waals surface area contributed by atoms with Crippen molar-refractivity contribution in [2.24, 2.45) is 5.10 Å². The maximum atomic E-state index is 5.77. The average molecular weight is 324 g/mol. The van der Waals surface area contributed by atoms with E-state index in [9.17, 15) is 0 Å². The minimum Gasteiger partial charge on any atom is -0.465 e. The van der Waals surface area contributed by atoms with Crippen LogP contribution in [0.3, 0.4) is 0 Å². The third-order valence-electron chi connectivity index (χ3n) is 4.03. The number of benzene rings is 1. The number of rotatable bonds is 4. The van der Waals surface area contributed by atoms with Gasteiger partial charge in [-0.2, -0.15) is 5.10 Å². The summed E-state index contributed by atoms with van der Waals surface area (Å²) < 4.78 is 7.71. The molecule has 126 valence electrons. The van der Waals surface area contributed by atoms with Crippen molar-refractivity contribution < 1.29 is 4.74 Å². The van der Waals surface area contributed by atoms with E-state index in [1.165, 1.54) is 25.7 Å². The number of nitrogens with zero attached hydrogens (tertiary/aromatic N) is 4. The van der Waals surface area contributed by atoms with E-state index in [-0.39, 0.29) is 0 Å². The van der Waals surface area contributed by atoms with Crippen molar-refractivity contribution in [3.8, 4) is 5.75 Å². The maximum absolute atomic E-state index is 5.77. The molecular formula is C19H24N4O. The molecule has 5 nitrogen and oxygen atoms in total. The molecule has 5 heteroatoms. The van der Waals surface area contributed by atoms with Crippen LogP contribution in [0.5, 0.6) is 5.75 Å². The van der Waals surface area contributed by atoms with Gasteiger partial charge in [-0.05, 0) is 31.9 Å². The summed E-state index contributed by atoms with van der Waals surface area (Å²) in [7, 11) is 0. The minimum atomic E-state index is 0.790. The molecule has 1 aromatic heterocycles. The molecule has 2 heterocycles. The smallest absolute Gasteiger partial charge is 0.169 e. The van der Waals surface area contributed by atoms with Gasteiger partial charge in [0.1, 0.15) is 12.1 Å². The molecule has 2 aromatic rings. The van der Waals surface area contributed by atoms with Crippen LogP contribution in [0.25, 0.3) is 0 Å². The second kappa shape index (κ2) is 8.34. The number of hydrazone groups is 1. The Bertz CT molecular complexity index is 683. The van der Waals surface area contributed by atoms with Crippen molar-refractivity contribution in [2.45, 2.75) is 32.6 Å². The molecule has 1 fully saturated rings. The van der Waals surface area contributed by atoms with E-state index in [0.717, 1.165) is 30.2 Å². The Morgan fingerprint density at radius 3 is 2.67 bits per heavy atom. The SMILES string of the molecule is C/C=C\Oc1ccccc1C(=NN1CCCCCC1)n1ccnc1. The summed E-state index contributed by atoms with van der Waals surface area (Å²) in [5.41, 5.74) is 0.956. The van der Waals surface area contributed by atoms with E-state index >= 15 is 0 Å². The molecule has 1 aliphatic rings. The van der Waals surface area contributed by atoms with Crippen LogP contribution in [0.1, 0.15) is 38.2 Å². The lowest BCUT2D eigenvalue weighted by Crippen LogP contribution is -2.24. The summed E-state index contributed by atoms with van der Waals surface area (Å²) in [6.07, 6.45) is 14.0. The van der Waals surface area contributed by atoms with Gasteiger partial charge in [0, 0.05) is 25.5 Å². The molecule has 3 rings (SSSR count). The van der Waals surface area contributed by atoms with E-state index in [1.54, 1.807) is 18.8 Å². The normalized spacial score (nSPS) is 16.4. The third kappa shape index (κ3) is 4.04.